The molecular formula is C13H22BrN3. The van der Waals surface area contributed by atoms with Crippen molar-refractivity contribution >= 4 is 21.7 Å². The molecule has 4 heteroatoms. The number of nitrogens with zero attached hydrogens (tertiary/aromatic N) is 2. The Hall–Kier alpha value is -0.610. The van der Waals surface area contributed by atoms with Gasteiger partial charge in [-0.3, -0.25) is 0 Å². The van der Waals surface area contributed by atoms with E-state index in [1.807, 2.05) is 6.20 Å². The minimum atomic E-state index is 0.171. The molecule has 0 saturated heterocycles. The summed E-state index contributed by atoms with van der Waals surface area (Å²) < 4.78 is 1.06. The number of anilines is 1. The molecule has 0 atom stereocenters. The molecule has 0 spiro atoms. The maximum Gasteiger partial charge on any atom is 0.128 e. The highest BCUT2D eigenvalue weighted by molar-refractivity contribution is 9.10. The summed E-state index contributed by atoms with van der Waals surface area (Å²) in [6.07, 6.45) is 1.86. The summed E-state index contributed by atoms with van der Waals surface area (Å²) in [6.45, 7) is 10.5. The van der Waals surface area contributed by atoms with Gasteiger partial charge < -0.3 is 10.2 Å². The number of pyridine rings is 1. The Kier molecular flexibility index (Phi) is 4.95. The molecule has 0 saturated carbocycles. The molecule has 0 unspecified atom stereocenters. The second-order valence-electron chi connectivity index (χ2n) is 5.39. The number of hydrogen-bond donors (Lipinski definition) is 1. The molecule has 0 fully saturated rings. The standard InChI is InChI=1S/C13H22BrN3/c1-10-8-12(15-9-11(10)14)17(5)7-6-16-13(2,3)4/h8-9,16H,6-7H2,1-5H3. The molecular weight excluding hydrogens is 278 g/mol. The van der Waals surface area contributed by atoms with Gasteiger partial charge in [0.1, 0.15) is 5.82 Å². The molecule has 0 aromatic carbocycles. The first kappa shape index (κ1) is 14.5. The minimum Gasteiger partial charge on any atom is -0.358 e. The molecule has 0 radical (unpaired) electrons. The lowest BCUT2D eigenvalue weighted by atomic mass is 10.1. The van der Waals surface area contributed by atoms with Crippen LogP contribution < -0.4 is 10.2 Å². The van der Waals surface area contributed by atoms with Crippen molar-refractivity contribution in [2.24, 2.45) is 0 Å². The summed E-state index contributed by atoms with van der Waals surface area (Å²) in [5, 5.41) is 3.47. The van der Waals surface area contributed by atoms with Crippen LogP contribution in [-0.4, -0.2) is 30.7 Å². The Labute approximate surface area is 113 Å². The van der Waals surface area contributed by atoms with Crippen LogP contribution in [0.1, 0.15) is 26.3 Å². The van der Waals surface area contributed by atoms with E-state index in [2.05, 4.69) is 71.9 Å². The zero-order valence-corrected chi connectivity index (χ0v) is 12.9. The van der Waals surface area contributed by atoms with Crippen molar-refractivity contribution in [3.8, 4) is 0 Å². The average Bonchev–Trinajstić information content (AvgIpc) is 2.20. The number of hydrogen-bond acceptors (Lipinski definition) is 3. The number of halogens is 1. The molecule has 3 nitrogen and oxygen atoms in total. The van der Waals surface area contributed by atoms with Crippen LogP contribution >= 0.6 is 15.9 Å². The molecule has 1 aromatic heterocycles. The van der Waals surface area contributed by atoms with Gasteiger partial charge in [-0.25, -0.2) is 4.98 Å². The van der Waals surface area contributed by atoms with Crippen molar-refractivity contribution in [2.75, 3.05) is 25.0 Å². The van der Waals surface area contributed by atoms with Gasteiger partial charge in [-0.1, -0.05) is 0 Å². The summed E-state index contributed by atoms with van der Waals surface area (Å²) in [7, 11) is 2.07. The normalized spacial score (nSPS) is 11.6. The predicted octanol–water partition coefficient (Wildman–Crippen LogP) is 2.98. The molecule has 1 rings (SSSR count). The predicted molar refractivity (Wildman–Crippen MR) is 77.7 cm³/mol. The highest BCUT2D eigenvalue weighted by Gasteiger charge is 2.09. The summed E-state index contributed by atoms with van der Waals surface area (Å²) in [5.74, 6) is 1.02. The van der Waals surface area contributed by atoms with Gasteiger partial charge in [0, 0.05) is 36.3 Å². The van der Waals surface area contributed by atoms with Crippen LogP contribution in [0.5, 0.6) is 0 Å². The van der Waals surface area contributed by atoms with Crippen molar-refractivity contribution in [1.29, 1.82) is 0 Å². The van der Waals surface area contributed by atoms with Gasteiger partial charge in [-0.15, -0.1) is 0 Å². The lowest BCUT2D eigenvalue weighted by Gasteiger charge is -2.24. The van der Waals surface area contributed by atoms with E-state index in [0.717, 1.165) is 23.4 Å². The van der Waals surface area contributed by atoms with Crippen LogP contribution in [0, 0.1) is 6.92 Å². The van der Waals surface area contributed by atoms with Crippen LogP contribution in [0.2, 0.25) is 0 Å². The molecule has 0 aliphatic heterocycles. The highest BCUT2D eigenvalue weighted by Crippen LogP contribution is 2.18. The van der Waals surface area contributed by atoms with Gasteiger partial charge in [-0.05, 0) is 55.3 Å². The number of aryl methyl sites for hydroxylation is 1. The first-order valence-corrected chi connectivity index (χ1v) is 6.67. The fraction of sp³-hybridized carbons (Fsp3) is 0.615. The summed E-state index contributed by atoms with van der Waals surface area (Å²) >= 11 is 3.46. The summed E-state index contributed by atoms with van der Waals surface area (Å²) in [6, 6.07) is 2.10. The maximum atomic E-state index is 4.41. The van der Waals surface area contributed by atoms with E-state index in [0.29, 0.717) is 0 Å². The van der Waals surface area contributed by atoms with Crippen molar-refractivity contribution < 1.29 is 0 Å². The third kappa shape index (κ3) is 5.04. The molecule has 0 amide bonds. The number of nitrogens with one attached hydrogen (secondary N) is 1. The summed E-state index contributed by atoms with van der Waals surface area (Å²) in [5.41, 5.74) is 1.38. The average molecular weight is 300 g/mol. The van der Waals surface area contributed by atoms with Gasteiger partial charge >= 0.3 is 0 Å². The van der Waals surface area contributed by atoms with E-state index in [-0.39, 0.29) is 5.54 Å². The zero-order chi connectivity index (χ0) is 13.1. The Balaban J connectivity index is 2.52. The molecule has 1 heterocycles. The van der Waals surface area contributed by atoms with Crippen LogP contribution in [0.15, 0.2) is 16.7 Å². The third-order valence-electron chi connectivity index (χ3n) is 2.53. The smallest absolute Gasteiger partial charge is 0.128 e. The molecule has 0 aliphatic rings. The fourth-order valence-corrected chi connectivity index (χ4v) is 1.66. The monoisotopic (exact) mass is 299 g/mol. The van der Waals surface area contributed by atoms with Crippen molar-refractivity contribution in [2.45, 2.75) is 33.2 Å². The van der Waals surface area contributed by atoms with E-state index in [9.17, 15) is 0 Å². The Morgan fingerprint density at radius 1 is 1.41 bits per heavy atom. The molecule has 1 N–H and O–H groups in total. The number of aromatic nitrogens is 1. The largest absolute Gasteiger partial charge is 0.358 e. The van der Waals surface area contributed by atoms with Crippen LogP contribution in [-0.2, 0) is 0 Å². The molecule has 0 bridgehead atoms. The van der Waals surface area contributed by atoms with Gasteiger partial charge in [-0.2, -0.15) is 0 Å². The third-order valence-corrected chi connectivity index (χ3v) is 3.36. The number of likely N-dealkylation sites (N-methyl/N-ethyl adjacent to an activating group) is 1. The van der Waals surface area contributed by atoms with Gasteiger partial charge in [0.15, 0.2) is 0 Å². The lowest BCUT2D eigenvalue weighted by Crippen LogP contribution is -2.40. The van der Waals surface area contributed by atoms with E-state index < -0.39 is 0 Å². The van der Waals surface area contributed by atoms with E-state index in [4.69, 9.17) is 0 Å². The SMILES string of the molecule is Cc1cc(N(C)CCNC(C)(C)C)ncc1Br. The minimum absolute atomic E-state index is 0.171. The Bertz CT molecular complexity index is 371. The Morgan fingerprint density at radius 2 is 2.06 bits per heavy atom. The molecule has 1 aromatic rings. The first-order valence-electron chi connectivity index (χ1n) is 5.88. The number of rotatable bonds is 4. The first-order chi connectivity index (χ1) is 7.79. The summed E-state index contributed by atoms with van der Waals surface area (Å²) in [4.78, 5) is 6.57. The Morgan fingerprint density at radius 3 is 2.59 bits per heavy atom. The second kappa shape index (κ2) is 5.83. The van der Waals surface area contributed by atoms with E-state index in [1.54, 1.807) is 0 Å². The van der Waals surface area contributed by atoms with Crippen molar-refractivity contribution in [3.05, 3.63) is 22.3 Å². The van der Waals surface area contributed by atoms with Crippen LogP contribution in [0.3, 0.4) is 0 Å². The molecule has 17 heavy (non-hydrogen) atoms. The zero-order valence-electron chi connectivity index (χ0n) is 11.3. The van der Waals surface area contributed by atoms with E-state index in [1.165, 1.54) is 5.56 Å². The highest BCUT2D eigenvalue weighted by atomic mass is 79.9. The fourth-order valence-electron chi connectivity index (χ4n) is 1.45. The van der Waals surface area contributed by atoms with Crippen LogP contribution in [0.25, 0.3) is 0 Å². The quantitative estimate of drug-likeness (QED) is 0.926. The van der Waals surface area contributed by atoms with Crippen LogP contribution in [0.4, 0.5) is 5.82 Å². The van der Waals surface area contributed by atoms with Gasteiger partial charge in [0.25, 0.3) is 0 Å². The maximum absolute atomic E-state index is 4.41. The van der Waals surface area contributed by atoms with E-state index >= 15 is 0 Å². The lowest BCUT2D eigenvalue weighted by molar-refractivity contribution is 0.430. The molecule has 96 valence electrons. The molecule has 0 aliphatic carbocycles. The topological polar surface area (TPSA) is 28.2 Å². The second-order valence-corrected chi connectivity index (χ2v) is 6.24. The van der Waals surface area contributed by atoms with Crippen molar-refractivity contribution in [3.63, 3.8) is 0 Å². The van der Waals surface area contributed by atoms with Gasteiger partial charge in [0.2, 0.25) is 0 Å². The van der Waals surface area contributed by atoms with Gasteiger partial charge in [0.05, 0.1) is 0 Å². The van der Waals surface area contributed by atoms with Crippen molar-refractivity contribution in [1.82, 2.24) is 10.3 Å².